The summed E-state index contributed by atoms with van der Waals surface area (Å²) in [6.45, 7) is 8.22. The van der Waals surface area contributed by atoms with Crippen LogP contribution in [0.4, 0.5) is 0 Å². The van der Waals surface area contributed by atoms with Crippen LogP contribution in [0.1, 0.15) is 18.9 Å². The Morgan fingerprint density at radius 1 is 1.39 bits per heavy atom. The summed E-state index contributed by atoms with van der Waals surface area (Å²) in [4.78, 5) is 0. The fourth-order valence-electron chi connectivity index (χ4n) is 1.61. The number of benzene rings is 1. The molecule has 3 atom stereocenters. The summed E-state index contributed by atoms with van der Waals surface area (Å²) in [5.41, 5.74) is 1.16. The first kappa shape index (κ1) is 15.4. The molecule has 2 radical (unpaired) electrons. The summed E-state index contributed by atoms with van der Waals surface area (Å²) in [5.74, 6) is 0. The molecule has 0 fully saturated rings. The van der Waals surface area contributed by atoms with E-state index < -0.39 is 8.03 Å². The predicted octanol–water partition coefficient (Wildman–Crippen LogP) is 3.66. The van der Waals surface area contributed by atoms with Crippen LogP contribution in [0.2, 0.25) is 0 Å². The molecule has 1 unspecified atom stereocenters. The van der Waals surface area contributed by atoms with Gasteiger partial charge in [0.05, 0.1) is 18.8 Å². The third-order valence-electron chi connectivity index (χ3n) is 2.58. The van der Waals surface area contributed by atoms with E-state index >= 15 is 0 Å². The molecule has 0 aliphatic rings. The maximum Gasteiger partial charge on any atom is 0.148 e. The van der Waals surface area contributed by atoms with Gasteiger partial charge in [-0.05, 0) is 33.6 Å². The molecule has 2 nitrogen and oxygen atoms in total. The highest BCUT2D eigenvalue weighted by atomic mass is 31.1. The van der Waals surface area contributed by atoms with Gasteiger partial charge in [-0.15, -0.1) is 6.58 Å². The zero-order valence-electron chi connectivity index (χ0n) is 11.1. The van der Waals surface area contributed by atoms with Gasteiger partial charge in [-0.25, -0.2) is 0 Å². The predicted molar refractivity (Wildman–Crippen MR) is 79.0 cm³/mol. The first-order valence-electron chi connectivity index (χ1n) is 6.05. The Kier molecular flexibility index (Phi) is 7.26. The van der Waals surface area contributed by atoms with Gasteiger partial charge in [0.25, 0.3) is 0 Å². The van der Waals surface area contributed by atoms with Gasteiger partial charge in [-0.3, -0.25) is 0 Å². The van der Waals surface area contributed by atoms with Gasteiger partial charge in [0.2, 0.25) is 0 Å². The Bertz CT molecular complexity index is 343. The lowest BCUT2D eigenvalue weighted by molar-refractivity contribution is -0.0175. The maximum absolute atomic E-state index is 5.83. The molecular weight excluding hydrogens is 242 g/mol. The molecule has 0 aromatic heterocycles. The van der Waals surface area contributed by atoms with Crippen LogP contribution in [0, 0.1) is 0 Å². The third kappa shape index (κ3) is 5.81. The second kappa shape index (κ2) is 8.47. The summed E-state index contributed by atoms with van der Waals surface area (Å²) in [6, 6.07) is 10.1. The molecule has 0 saturated carbocycles. The molecule has 0 bridgehead atoms. The smallest absolute Gasteiger partial charge is 0.148 e. The average molecular weight is 262 g/mol. The second-order valence-electron chi connectivity index (χ2n) is 4.22. The van der Waals surface area contributed by atoms with Crippen molar-refractivity contribution < 1.29 is 9.26 Å². The fourth-order valence-corrected chi connectivity index (χ4v) is 2.29. The van der Waals surface area contributed by atoms with Crippen molar-refractivity contribution in [3.63, 3.8) is 0 Å². The fraction of sp³-hybridized carbons (Fsp3) is 0.429. The number of ether oxygens (including phenoxy) is 1. The molecule has 1 aromatic rings. The second-order valence-corrected chi connectivity index (χ2v) is 5.52. The van der Waals surface area contributed by atoms with E-state index in [9.17, 15) is 0 Å². The van der Waals surface area contributed by atoms with Crippen LogP contribution in [-0.2, 0) is 15.9 Å². The summed E-state index contributed by atoms with van der Waals surface area (Å²) < 4.78 is 11.5. The lowest BCUT2D eigenvalue weighted by Gasteiger charge is -2.25. The van der Waals surface area contributed by atoms with Crippen molar-refractivity contribution in [2.45, 2.75) is 32.2 Å². The molecule has 4 heteroatoms. The molecule has 0 saturated heterocycles. The van der Waals surface area contributed by atoms with E-state index in [0.29, 0.717) is 6.61 Å². The third-order valence-corrected chi connectivity index (χ3v) is 3.18. The van der Waals surface area contributed by atoms with E-state index in [1.54, 1.807) is 0 Å². The molecule has 1 rings (SSSR count). The minimum absolute atomic E-state index is 0.00305. The summed E-state index contributed by atoms with van der Waals surface area (Å²) in [7, 11) is 4.84. The van der Waals surface area contributed by atoms with Crippen molar-refractivity contribution >= 4 is 15.6 Å². The van der Waals surface area contributed by atoms with Crippen molar-refractivity contribution in [3.8, 4) is 0 Å². The van der Waals surface area contributed by atoms with Crippen LogP contribution in [-0.4, -0.2) is 26.4 Å². The maximum atomic E-state index is 5.83. The van der Waals surface area contributed by atoms with Crippen LogP contribution in [0.15, 0.2) is 43.0 Å². The van der Waals surface area contributed by atoms with E-state index in [4.69, 9.17) is 16.8 Å². The quantitative estimate of drug-likeness (QED) is 0.404. The Hall–Kier alpha value is -0.625. The summed E-state index contributed by atoms with van der Waals surface area (Å²) in [5, 5.41) is 0. The molecular formula is C14H20BO2P. The standard InChI is InChI=1S/C14H20BO2P/c1-4-8-14(17-18(3)15)12(2)16-11-13-9-6-5-7-10-13/h4-7,9-10,12,14H,1,8,11H2,2-3H3/t12-,14-,18?/m1/s1. The van der Waals surface area contributed by atoms with Crippen LogP contribution < -0.4 is 0 Å². The van der Waals surface area contributed by atoms with Gasteiger partial charge in [0, 0.05) is 0 Å². The number of hydrogen-bond donors (Lipinski definition) is 0. The number of hydrogen-bond acceptors (Lipinski definition) is 2. The van der Waals surface area contributed by atoms with Gasteiger partial charge < -0.3 is 9.26 Å². The van der Waals surface area contributed by atoms with Crippen molar-refractivity contribution in [1.29, 1.82) is 0 Å². The van der Waals surface area contributed by atoms with Crippen molar-refractivity contribution in [2.75, 3.05) is 6.66 Å². The molecule has 18 heavy (non-hydrogen) atoms. The SMILES string of the molecule is [B]P(C)O[C@H](CC=C)[C@@H](C)OCc1ccccc1. The van der Waals surface area contributed by atoms with Crippen LogP contribution in [0.5, 0.6) is 0 Å². The Balaban J connectivity index is 2.45. The Morgan fingerprint density at radius 3 is 2.61 bits per heavy atom. The van der Waals surface area contributed by atoms with Gasteiger partial charge >= 0.3 is 0 Å². The largest absolute Gasteiger partial charge is 0.371 e. The molecule has 0 aliphatic heterocycles. The van der Waals surface area contributed by atoms with Gasteiger partial charge in [0.15, 0.2) is 0 Å². The van der Waals surface area contributed by atoms with Crippen molar-refractivity contribution in [3.05, 3.63) is 48.6 Å². The lowest BCUT2D eigenvalue weighted by Crippen LogP contribution is -2.27. The molecule has 0 spiro atoms. The van der Waals surface area contributed by atoms with Crippen LogP contribution in [0.25, 0.3) is 0 Å². The summed E-state index contributed by atoms with van der Waals surface area (Å²) in [6.07, 6.45) is 2.56. The normalized spacial score (nSPS) is 15.9. The van der Waals surface area contributed by atoms with Gasteiger partial charge in [-0.2, -0.15) is 0 Å². The van der Waals surface area contributed by atoms with E-state index in [1.807, 2.05) is 50.0 Å². The van der Waals surface area contributed by atoms with E-state index in [-0.39, 0.29) is 12.2 Å². The monoisotopic (exact) mass is 262 g/mol. The molecule has 0 N–H and O–H groups in total. The molecule has 0 heterocycles. The first-order chi connectivity index (χ1) is 8.63. The molecule has 96 valence electrons. The van der Waals surface area contributed by atoms with E-state index in [1.165, 1.54) is 0 Å². The number of rotatable bonds is 8. The van der Waals surface area contributed by atoms with Crippen LogP contribution >= 0.6 is 8.03 Å². The highest BCUT2D eigenvalue weighted by Gasteiger charge is 2.18. The van der Waals surface area contributed by atoms with Gasteiger partial charge in [0.1, 0.15) is 7.57 Å². The zero-order chi connectivity index (χ0) is 13.4. The molecule has 1 aromatic carbocycles. The lowest BCUT2D eigenvalue weighted by atomic mass is 10.1. The van der Waals surface area contributed by atoms with E-state index in [2.05, 4.69) is 6.58 Å². The topological polar surface area (TPSA) is 18.5 Å². The average Bonchev–Trinajstić information content (AvgIpc) is 2.36. The minimum Gasteiger partial charge on any atom is -0.371 e. The molecule has 0 amide bonds. The Labute approximate surface area is 113 Å². The van der Waals surface area contributed by atoms with E-state index in [0.717, 1.165) is 12.0 Å². The first-order valence-corrected chi connectivity index (χ1v) is 7.82. The van der Waals surface area contributed by atoms with Crippen LogP contribution in [0.3, 0.4) is 0 Å². The molecule has 0 aliphatic carbocycles. The Morgan fingerprint density at radius 2 is 2.06 bits per heavy atom. The summed E-state index contributed by atoms with van der Waals surface area (Å²) >= 11 is 0. The zero-order valence-corrected chi connectivity index (χ0v) is 12.0. The highest BCUT2D eigenvalue weighted by molar-refractivity contribution is 7.77. The minimum atomic E-state index is -0.877. The van der Waals surface area contributed by atoms with Gasteiger partial charge in [-0.1, -0.05) is 36.4 Å². The van der Waals surface area contributed by atoms with Crippen molar-refractivity contribution in [1.82, 2.24) is 0 Å². The van der Waals surface area contributed by atoms with Crippen molar-refractivity contribution in [2.24, 2.45) is 0 Å². The highest BCUT2D eigenvalue weighted by Crippen LogP contribution is 2.30.